The van der Waals surface area contributed by atoms with Crippen LogP contribution in [0, 0.1) is 17.8 Å². The number of aliphatic hydroxyl groups excluding tert-OH is 1. The summed E-state index contributed by atoms with van der Waals surface area (Å²) in [6.45, 7) is 0.823. The number of hydrogen-bond acceptors (Lipinski definition) is 3. The molecule has 3 fully saturated rings. The molecule has 2 aliphatic carbocycles. The molecule has 3 heteroatoms. The topological polar surface area (TPSA) is 29.5 Å². The van der Waals surface area contributed by atoms with Crippen LogP contribution in [-0.2, 0) is 4.74 Å². The Hall–Kier alpha value is 0.270. The quantitative estimate of drug-likeness (QED) is 0.823. The Morgan fingerprint density at radius 1 is 1.31 bits per heavy atom. The van der Waals surface area contributed by atoms with Crippen LogP contribution in [0.2, 0.25) is 0 Å². The van der Waals surface area contributed by atoms with Crippen LogP contribution in [0.5, 0.6) is 0 Å². The summed E-state index contributed by atoms with van der Waals surface area (Å²) in [5.74, 6) is 4.79. The molecule has 0 radical (unpaired) electrons. The maximum Gasteiger partial charge on any atom is 0.0924 e. The van der Waals surface area contributed by atoms with Crippen molar-refractivity contribution < 1.29 is 9.84 Å². The first-order valence-corrected chi connectivity index (χ1v) is 7.86. The summed E-state index contributed by atoms with van der Waals surface area (Å²) in [5.41, 5.74) is 0. The van der Waals surface area contributed by atoms with Gasteiger partial charge in [0.1, 0.15) is 0 Å². The number of fused-ring (bicyclic) bond motifs is 2. The van der Waals surface area contributed by atoms with Gasteiger partial charge in [0.25, 0.3) is 0 Å². The highest BCUT2D eigenvalue weighted by molar-refractivity contribution is 7.99. The Balaban J connectivity index is 1.50. The molecule has 0 aromatic heterocycles. The van der Waals surface area contributed by atoms with E-state index in [4.69, 9.17) is 4.74 Å². The van der Waals surface area contributed by atoms with Crippen LogP contribution in [-0.4, -0.2) is 35.4 Å². The van der Waals surface area contributed by atoms with E-state index in [1.807, 2.05) is 11.8 Å². The fourth-order valence-electron chi connectivity index (χ4n) is 3.86. The first kappa shape index (κ1) is 11.4. The van der Waals surface area contributed by atoms with E-state index >= 15 is 0 Å². The van der Waals surface area contributed by atoms with Crippen LogP contribution in [0.3, 0.4) is 0 Å². The van der Waals surface area contributed by atoms with Gasteiger partial charge in [-0.05, 0) is 43.4 Å². The lowest BCUT2D eigenvalue weighted by Crippen LogP contribution is -2.37. The van der Waals surface area contributed by atoms with Crippen LogP contribution in [0.15, 0.2) is 0 Å². The third kappa shape index (κ3) is 2.27. The molecule has 3 rings (SSSR count). The summed E-state index contributed by atoms with van der Waals surface area (Å²) < 4.78 is 5.66. The van der Waals surface area contributed by atoms with E-state index in [9.17, 15) is 5.11 Å². The lowest BCUT2D eigenvalue weighted by molar-refractivity contribution is -0.0344. The van der Waals surface area contributed by atoms with E-state index in [1.165, 1.54) is 25.7 Å². The minimum Gasteiger partial charge on any atom is -0.390 e. The highest BCUT2D eigenvalue weighted by Gasteiger charge is 2.41. The normalized spacial score (nSPS) is 44.8. The van der Waals surface area contributed by atoms with Crippen molar-refractivity contribution in [2.24, 2.45) is 17.8 Å². The zero-order chi connectivity index (χ0) is 11.0. The number of thioether (sulfide) groups is 1. The molecule has 5 atom stereocenters. The molecule has 3 aliphatic rings. The molecule has 16 heavy (non-hydrogen) atoms. The molecule has 1 aliphatic heterocycles. The maximum atomic E-state index is 10.2. The molecule has 0 aromatic rings. The van der Waals surface area contributed by atoms with Gasteiger partial charge in [0, 0.05) is 11.5 Å². The van der Waals surface area contributed by atoms with Crippen LogP contribution < -0.4 is 0 Å². The second kappa shape index (κ2) is 4.87. The minimum absolute atomic E-state index is 0.109. The number of ether oxygens (including phenoxy) is 1. The summed E-state index contributed by atoms with van der Waals surface area (Å²) in [4.78, 5) is 0. The van der Waals surface area contributed by atoms with Crippen molar-refractivity contribution >= 4 is 11.8 Å². The van der Waals surface area contributed by atoms with Gasteiger partial charge in [-0.25, -0.2) is 0 Å². The van der Waals surface area contributed by atoms with E-state index in [0.717, 1.165) is 42.3 Å². The maximum absolute atomic E-state index is 10.2. The molecule has 1 N–H and O–H groups in total. The van der Waals surface area contributed by atoms with Crippen molar-refractivity contribution in [3.05, 3.63) is 0 Å². The smallest absolute Gasteiger partial charge is 0.0924 e. The summed E-state index contributed by atoms with van der Waals surface area (Å²) >= 11 is 1.92. The van der Waals surface area contributed by atoms with Crippen LogP contribution in [0.4, 0.5) is 0 Å². The van der Waals surface area contributed by atoms with Crippen molar-refractivity contribution in [3.8, 4) is 0 Å². The van der Waals surface area contributed by atoms with Crippen molar-refractivity contribution in [3.63, 3.8) is 0 Å². The van der Waals surface area contributed by atoms with E-state index in [1.54, 1.807) is 0 Å². The Morgan fingerprint density at radius 3 is 2.88 bits per heavy atom. The molecule has 1 saturated heterocycles. The SMILES string of the molecule is OC(CC1CC2CCC1C2)C1CSCCO1. The predicted octanol–water partition coefficient (Wildman–Crippen LogP) is 2.31. The molecule has 2 nitrogen and oxygen atoms in total. The summed E-state index contributed by atoms with van der Waals surface area (Å²) in [7, 11) is 0. The predicted molar refractivity (Wildman–Crippen MR) is 66.6 cm³/mol. The summed E-state index contributed by atoms with van der Waals surface area (Å²) in [6.07, 6.45) is 6.58. The number of rotatable bonds is 3. The van der Waals surface area contributed by atoms with Gasteiger partial charge in [-0.1, -0.05) is 6.42 Å². The van der Waals surface area contributed by atoms with E-state index in [2.05, 4.69) is 0 Å². The van der Waals surface area contributed by atoms with Crippen LogP contribution in [0.1, 0.15) is 32.1 Å². The third-order valence-corrected chi connectivity index (χ3v) is 5.72. The fourth-order valence-corrected chi connectivity index (χ4v) is 4.79. The lowest BCUT2D eigenvalue weighted by atomic mass is 9.84. The van der Waals surface area contributed by atoms with E-state index in [-0.39, 0.29) is 12.2 Å². The standard InChI is InChI=1S/C13H22O2S/c14-12(13-8-16-4-3-15-13)7-11-6-9-1-2-10(11)5-9/h9-14H,1-8H2. The van der Waals surface area contributed by atoms with Crippen molar-refractivity contribution in [1.82, 2.24) is 0 Å². The zero-order valence-electron chi connectivity index (χ0n) is 9.81. The average molecular weight is 242 g/mol. The Morgan fingerprint density at radius 2 is 2.25 bits per heavy atom. The summed E-state index contributed by atoms with van der Waals surface area (Å²) in [6, 6.07) is 0. The van der Waals surface area contributed by atoms with Crippen molar-refractivity contribution in [2.75, 3.05) is 18.1 Å². The van der Waals surface area contributed by atoms with Crippen LogP contribution in [0.25, 0.3) is 0 Å². The molecule has 0 aromatic carbocycles. The second-order valence-corrected chi connectivity index (χ2v) is 6.87. The van der Waals surface area contributed by atoms with Crippen molar-refractivity contribution in [2.45, 2.75) is 44.3 Å². The molecule has 1 heterocycles. The van der Waals surface area contributed by atoms with Gasteiger partial charge in [-0.2, -0.15) is 11.8 Å². The van der Waals surface area contributed by atoms with Gasteiger partial charge in [-0.3, -0.25) is 0 Å². The highest BCUT2D eigenvalue weighted by Crippen LogP contribution is 2.50. The Bertz CT molecular complexity index is 240. The Labute approximate surface area is 102 Å². The Kier molecular flexibility index (Phi) is 3.46. The summed E-state index contributed by atoms with van der Waals surface area (Å²) in [5, 5.41) is 10.2. The third-order valence-electron chi connectivity index (χ3n) is 4.70. The molecule has 0 amide bonds. The minimum atomic E-state index is -0.211. The fraction of sp³-hybridized carbons (Fsp3) is 1.00. The van der Waals surface area contributed by atoms with Gasteiger partial charge >= 0.3 is 0 Å². The van der Waals surface area contributed by atoms with E-state index in [0.29, 0.717) is 0 Å². The molecular formula is C13H22O2S. The lowest BCUT2D eigenvalue weighted by Gasteiger charge is -2.30. The highest BCUT2D eigenvalue weighted by atomic mass is 32.2. The molecule has 92 valence electrons. The average Bonchev–Trinajstić information content (AvgIpc) is 2.92. The number of aliphatic hydroxyl groups is 1. The van der Waals surface area contributed by atoms with E-state index < -0.39 is 0 Å². The van der Waals surface area contributed by atoms with Gasteiger partial charge in [-0.15, -0.1) is 0 Å². The molecular weight excluding hydrogens is 220 g/mol. The first-order chi connectivity index (χ1) is 7.83. The van der Waals surface area contributed by atoms with Crippen molar-refractivity contribution in [1.29, 1.82) is 0 Å². The monoisotopic (exact) mass is 242 g/mol. The van der Waals surface area contributed by atoms with Gasteiger partial charge in [0.15, 0.2) is 0 Å². The van der Waals surface area contributed by atoms with Gasteiger partial charge in [0.2, 0.25) is 0 Å². The molecule has 2 bridgehead atoms. The van der Waals surface area contributed by atoms with Gasteiger partial charge < -0.3 is 9.84 Å². The molecule has 5 unspecified atom stereocenters. The second-order valence-electron chi connectivity index (χ2n) is 5.72. The molecule has 0 spiro atoms. The van der Waals surface area contributed by atoms with Gasteiger partial charge in [0.05, 0.1) is 18.8 Å². The van der Waals surface area contributed by atoms with Crippen LogP contribution >= 0.6 is 11.8 Å². The first-order valence-electron chi connectivity index (χ1n) is 6.70. The number of hydrogen-bond donors (Lipinski definition) is 1. The zero-order valence-corrected chi connectivity index (χ0v) is 10.6. The largest absolute Gasteiger partial charge is 0.390 e. The molecule has 2 saturated carbocycles.